The fraction of sp³-hybridized carbons (Fsp3) is 0.316. The summed E-state index contributed by atoms with van der Waals surface area (Å²) in [6, 6.07) is 13.0. The van der Waals surface area contributed by atoms with Gasteiger partial charge in [-0.25, -0.2) is 0 Å². The Morgan fingerprint density at radius 1 is 1.00 bits per heavy atom. The van der Waals surface area contributed by atoms with Crippen molar-refractivity contribution in [1.29, 1.82) is 0 Å². The van der Waals surface area contributed by atoms with E-state index < -0.39 is 0 Å². The van der Waals surface area contributed by atoms with Gasteiger partial charge in [-0.2, -0.15) is 0 Å². The molecular weight excluding hydrogens is 379 g/mol. The van der Waals surface area contributed by atoms with Gasteiger partial charge in [0.1, 0.15) is 0 Å². The number of carbonyl (C=O) groups excluding carboxylic acids is 1. The number of nitrogens with zero attached hydrogens (tertiary/aromatic N) is 1. The largest absolute Gasteiger partial charge is 0.324 e. The quantitative estimate of drug-likeness (QED) is 0.739. The Kier molecular flexibility index (Phi) is 6.24. The van der Waals surface area contributed by atoms with Crippen LogP contribution in [0.2, 0.25) is 15.1 Å². The molecule has 1 N–H and O–H groups in total. The van der Waals surface area contributed by atoms with Crippen LogP contribution < -0.4 is 5.32 Å². The molecule has 132 valence electrons. The van der Waals surface area contributed by atoms with Crippen LogP contribution in [0.1, 0.15) is 18.4 Å². The first kappa shape index (κ1) is 18.5. The van der Waals surface area contributed by atoms with Gasteiger partial charge in [-0.15, -0.1) is 0 Å². The van der Waals surface area contributed by atoms with Gasteiger partial charge in [-0.3, -0.25) is 9.69 Å². The van der Waals surface area contributed by atoms with Crippen LogP contribution in [0.5, 0.6) is 0 Å². The molecule has 0 atom stereocenters. The van der Waals surface area contributed by atoms with Gasteiger partial charge in [0.2, 0.25) is 5.91 Å². The van der Waals surface area contributed by atoms with Gasteiger partial charge in [-0.1, -0.05) is 46.9 Å². The maximum absolute atomic E-state index is 12.5. The zero-order valence-corrected chi connectivity index (χ0v) is 15.9. The van der Waals surface area contributed by atoms with Crippen molar-refractivity contribution >= 4 is 46.4 Å². The minimum Gasteiger partial charge on any atom is -0.324 e. The number of carbonyl (C=O) groups is 1. The van der Waals surface area contributed by atoms with E-state index in [1.54, 1.807) is 18.2 Å². The van der Waals surface area contributed by atoms with Crippen molar-refractivity contribution < 1.29 is 4.79 Å². The monoisotopic (exact) mass is 396 g/mol. The molecule has 3 rings (SSSR count). The van der Waals surface area contributed by atoms with Crippen molar-refractivity contribution in [1.82, 2.24) is 4.90 Å². The van der Waals surface area contributed by atoms with Crippen LogP contribution in [0.4, 0.5) is 5.69 Å². The first-order valence-electron chi connectivity index (χ1n) is 8.24. The lowest BCUT2D eigenvalue weighted by Crippen LogP contribution is -2.37. The van der Waals surface area contributed by atoms with Gasteiger partial charge in [0.25, 0.3) is 0 Å². The molecule has 1 fully saturated rings. The number of likely N-dealkylation sites (tertiary alicyclic amines) is 1. The molecule has 1 aliphatic rings. The van der Waals surface area contributed by atoms with E-state index >= 15 is 0 Å². The van der Waals surface area contributed by atoms with Gasteiger partial charge < -0.3 is 5.32 Å². The van der Waals surface area contributed by atoms with Crippen molar-refractivity contribution in [3.05, 3.63) is 63.1 Å². The topological polar surface area (TPSA) is 32.3 Å². The highest BCUT2D eigenvalue weighted by molar-refractivity contribution is 6.35. The molecule has 25 heavy (non-hydrogen) atoms. The maximum Gasteiger partial charge on any atom is 0.227 e. The number of amides is 1. The fourth-order valence-corrected chi connectivity index (χ4v) is 3.49. The van der Waals surface area contributed by atoms with Gasteiger partial charge in [0, 0.05) is 22.5 Å². The molecule has 2 aromatic carbocycles. The van der Waals surface area contributed by atoms with Crippen LogP contribution in [0.15, 0.2) is 42.5 Å². The molecule has 0 bridgehead atoms. The molecule has 0 aromatic heterocycles. The number of halogens is 3. The van der Waals surface area contributed by atoms with Crippen LogP contribution in [0, 0.1) is 5.92 Å². The van der Waals surface area contributed by atoms with E-state index in [0.29, 0.717) is 15.7 Å². The van der Waals surface area contributed by atoms with Gasteiger partial charge in [0.05, 0.1) is 10.7 Å². The molecule has 0 unspecified atom stereocenters. The number of hydrogen-bond donors (Lipinski definition) is 1. The zero-order valence-electron chi connectivity index (χ0n) is 13.6. The molecule has 3 nitrogen and oxygen atoms in total. The molecule has 1 heterocycles. The minimum absolute atomic E-state index is 0.00323. The standard InChI is InChI=1S/C19H19Cl3N2O/c20-15-3-1-13(2-4-15)12-24-9-7-14(8-10-24)19(25)23-18-11-16(21)5-6-17(18)22/h1-6,11,14H,7-10,12H2,(H,23,25). The second-order valence-electron chi connectivity index (χ2n) is 6.29. The Balaban J connectivity index is 1.52. The smallest absolute Gasteiger partial charge is 0.227 e. The second-order valence-corrected chi connectivity index (χ2v) is 7.57. The zero-order chi connectivity index (χ0) is 17.8. The Labute approximate surface area is 162 Å². The third kappa shape index (κ3) is 5.11. The first-order valence-corrected chi connectivity index (χ1v) is 9.37. The Hall–Kier alpha value is -1.26. The molecule has 1 amide bonds. The van der Waals surface area contributed by atoms with E-state index in [1.165, 1.54) is 5.56 Å². The van der Waals surface area contributed by atoms with E-state index in [0.717, 1.165) is 37.5 Å². The predicted octanol–water partition coefficient (Wildman–Crippen LogP) is 5.50. The summed E-state index contributed by atoms with van der Waals surface area (Å²) in [5.41, 5.74) is 1.81. The molecular formula is C19H19Cl3N2O. The summed E-state index contributed by atoms with van der Waals surface area (Å²) in [4.78, 5) is 14.8. The Bertz CT molecular complexity index is 741. The highest BCUT2D eigenvalue weighted by Gasteiger charge is 2.25. The summed E-state index contributed by atoms with van der Waals surface area (Å²) in [5.74, 6) is 0.00632. The molecule has 0 saturated carbocycles. The van der Waals surface area contributed by atoms with Crippen molar-refractivity contribution in [3.63, 3.8) is 0 Å². The van der Waals surface area contributed by atoms with Crippen LogP contribution in [0.3, 0.4) is 0 Å². The summed E-state index contributed by atoms with van der Waals surface area (Å²) in [6.45, 7) is 2.67. The van der Waals surface area contributed by atoms with Crippen molar-refractivity contribution in [3.8, 4) is 0 Å². The van der Waals surface area contributed by atoms with Gasteiger partial charge in [0.15, 0.2) is 0 Å². The summed E-state index contributed by atoms with van der Waals surface area (Å²) < 4.78 is 0. The molecule has 0 aliphatic carbocycles. The van der Waals surface area contributed by atoms with Crippen LogP contribution in [0.25, 0.3) is 0 Å². The number of piperidine rings is 1. The fourth-order valence-electron chi connectivity index (χ4n) is 3.03. The first-order chi connectivity index (χ1) is 12.0. The summed E-state index contributed by atoms with van der Waals surface area (Å²) >= 11 is 18.0. The van der Waals surface area contributed by atoms with Crippen molar-refractivity contribution in [2.24, 2.45) is 5.92 Å². The van der Waals surface area contributed by atoms with Crippen LogP contribution in [-0.4, -0.2) is 23.9 Å². The van der Waals surface area contributed by atoms with E-state index in [1.807, 2.05) is 24.3 Å². The average Bonchev–Trinajstić information content (AvgIpc) is 2.61. The van der Waals surface area contributed by atoms with E-state index in [2.05, 4.69) is 10.2 Å². The summed E-state index contributed by atoms with van der Waals surface area (Å²) in [5, 5.41) is 4.70. The number of benzene rings is 2. The van der Waals surface area contributed by atoms with Crippen LogP contribution in [-0.2, 0) is 11.3 Å². The number of rotatable bonds is 4. The molecule has 2 aromatic rings. The number of nitrogens with one attached hydrogen (secondary N) is 1. The summed E-state index contributed by atoms with van der Waals surface area (Å²) in [6.07, 6.45) is 1.66. The predicted molar refractivity (Wildman–Crippen MR) is 105 cm³/mol. The third-order valence-corrected chi connectivity index (χ3v) is 5.28. The Morgan fingerprint density at radius 3 is 2.32 bits per heavy atom. The molecule has 6 heteroatoms. The lowest BCUT2D eigenvalue weighted by Gasteiger charge is -2.31. The van der Waals surface area contributed by atoms with Crippen LogP contribution >= 0.6 is 34.8 Å². The third-order valence-electron chi connectivity index (χ3n) is 4.46. The highest BCUT2D eigenvalue weighted by Crippen LogP contribution is 2.27. The normalized spacial score (nSPS) is 16.0. The Morgan fingerprint density at radius 2 is 1.64 bits per heavy atom. The lowest BCUT2D eigenvalue weighted by molar-refractivity contribution is -0.121. The van der Waals surface area contributed by atoms with E-state index in [4.69, 9.17) is 34.8 Å². The average molecular weight is 398 g/mol. The van der Waals surface area contributed by atoms with E-state index in [9.17, 15) is 4.79 Å². The molecule has 0 radical (unpaired) electrons. The molecule has 1 aliphatic heterocycles. The van der Waals surface area contributed by atoms with E-state index in [-0.39, 0.29) is 11.8 Å². The van der Waals surface area contributed by atoms with Gasteiger partial charge in [-0.05, 0) is 61.8 Å². The SMILES string of the molecule is O=C(Nc1cc(Cl)ccc1Cl)C1CCN(Cc2ccc(Cl)cc2)CC1. The maximum atomic E-state index is 12.5. The molecule has 0 spiro atoms. The number of hydrogen-bond acceptors (Lipinski definition) is 2. The van der Waals surface area contributed by atoms with Crippen molar-refractivity contribution in [2.45, 2.75) is 19.4 Å². The molecule has 1 saturated heterocycles. The second kappa shape index (κ2) is 8.41. The minimum atomic E-state index is -0.00323. The van der Waals surface area contributed by atoms with Gasteiger partial charge >= 0.3 is 0 Å². The highest BCUT2D eigenvalue weighted by atomic mass is 35.5. The number of anilines is 1. The summed E-state index contributed by atoms with van der Waals surface area (Å²) in [7, 11) is 0. The van der Waals surface area contributed by atoms with Crippen molar-refractivity contribution in [2.75, 3.05) is 18.4 Å². The lowest BCUT2D eigenvalue weighted by atomic mass is 9.95.